The fourth-order valence-electron chi connectivity index (χ4n) is 2.12. The lowest BCUT2D eigenvalue weighted by Gasteiger charge is -2.35. The number of piperazine rings is 1. The summed E-state index contributed by atoms with van der Waals surface area (Å²) in [6.45, 7) is 6.56. The molecule has 0 saturated carbocycles. The van der Waals surface area contributed by atoms with Crippen LogP contribution in [-0.2, 0) is 4.74 Å². The molecule has 0 bridgehead atoms. The molecule has 10 heteroatoms. The van der Waals surface area contributed by atoms with Crippen LogP contribution in [0, 0.1) is 0 Å². The first-order chi connectivity index (χ1) is 11.0. The lowest BCUT2D eigenvalue weighted by atomic mass is 10.2. The molecule has 0 aromatic carbocycles. The molecule has 0 aliphatic carbocycles. The van der Waals surface area contributed by atoms with Gasteiger partial charge in [-0.2, -0.15) is 26.3 Å². The Morgan fingerprint density at radius 3 is 2.00 bits per heavy atom. The summed E-state index contributed by atoms with van der Waals surface area (Å²) in [4.78, 5) is 14.3. The molecule has 0 spiro atoms. The van der Waals surface area contributed by atoms with E-state index in [2.05, 4.69) is 11.3 Å². The summed E-state index contributed by atoms with van der Waals surface area (Å²) >= 11 is 0. The maximum absolute atomic E-state index is 12.4. The summed E-state index contributed by atoms with van der Waals surface area (Å²) in [5, 5.41) is 0. The molecule has 1 aliphatic rings. The molecule has 0 unspecified atom stereocenters. The van der Waals surface area contributed by atoms with Gasteiger partial charge in [-0.05, 0) is 12.5 Å². The molecular weight excluding hydrogens is 342 g/mol. The predicted octanol–water partition coefficient (Wildman–Crippen LogP) is 3.37. The molecule has 0 aromatic rings. The van der Waals surface area contributed by atoms with Gasteiger partial charge in [-0.1, -0.05) is 18.7 Å². The van der Waals surface area contributed by atoms with Gasteiger partial charge in [0.1, 0.15) is 0 Å². The van der Waals surface area contributed by atoms with E-state index < -0.39 is 24.5 Å². The van der Waals surface area contributed by atoms with Crippen molar-refractivity contribution in [2.24, 2.45) is 0 Å². The summed E-state index contributed by atoms with van der Waals surface area (Å²) in [6.07, 6.45) is -13.7. The molecule has 1 amide bonds. The van der Waals surface area contributed by atoms with Gasteiger partial charge in [0.25, 0.3) is 6.10 Å². The lowest BCUT2D eigenvalue weighted by Crippen LogP contribution is -2.52. The highest BCUT2D eigenvalue weighted by molar-refractivity contribution is 5.68. The van der Waals surface area contributed by atoms with Gasteiger partial charge < -0.3 is 9.64 Å². The van der Waals surface area contributed by atoms with Gasteiger partial charge in [0.2, 0.25) is 0 Å². The van der Waals surface area contributed by atoms with E-state index in [1.165, 1.54) is 0 Å². The molecule has 0 radical (unpaired) electrons. The molecule has 1 rings (SSSR count). The van der Waals surface area contributed by atoms with Crippen molar-refractivity contribution in [1.82, 2.24) is 9.80 Å². The predicted molar refractivity (Wildman–Crippen MR) is 74.3 cm³/mol. The third kappa shape index (κ3) is 5.73. The Morgan fingerprint density at radius 2 is 1.62 bits per heavy atom. The summed E-state index contributed by atoms with van der Waals surface area (Å²) in [7, 11) is 0. The third-order valence-corrected chi connectivity index (χ3v) is 3.48. The van der Waals surface area contributed by atoms with Gasteiger partial charge in [-0.15, -0.1) is 0 Å². The fraction of sp³-hybridized carbons (Fsp3) is 0.643. The maximum atomic E-state index is 12.4. The third-order valence-electron chi connectivity index (χ3n) is 3.48. The smallest absolute Gasteiger partial charge is 0.426 e. The van der Waals surface area contributed by atoms with Gasteiger partial charge in [0.05, 0.1) is 0 Å². The van der Waals surface area contributed by atoms with Crippen LogP contribution < -0.4 is 0 Å². The average Bonchev–Trinajstić information content (AvgIpc) is 2.48. The number of rotatable bonds is 4. The average molecular weight is 360 g/mol. The highest BCUT2D eigenvalue weighted by atomic mass is 19.4. The Hall–Kier alpha value is -1.71. The molecule has 0 aromatic heterocycles. The minimum Gasteiger partial charge on any atom is -0.426 e. The van der Waals surface area contributed by atoms with Gasteiger partial charge in [-0.3, -0.25) is 4.90 Å². The van der Waals surface area contributed by atoms with Crippen molar-refractivity contribution in [2.75, 3.05) is 32.7 Å². The van der Waals surface area contributed by atoms with Crippen LogP contribution in [0.1, 0.15) is 6.92 Å². The summed E-state index contributed by atoms with van der Waals surface area (Å²) in [6, 6.07) is 0. The van der Waals surface area contributed by atoms with Crippen LogP contribution in [0.3, 0.4) is 0 Å². The second-order valence-corrected chi connectivity index (χ2v) is 5.18. The molecule has 0 N–H and O–H groups in total. The van der Waals surface area contributed by atoms with Crippen molar-refractivity contribution < 1.29 is 35.9 Å². The van der Waals surface area contributed by atoms with E-state index in [0.717, 1.165) is 10.5 Å². The Labute approximate surface area is 135 Å². The van der Waals surface area contributed by atoms with Gasteiger partial charge in [0.15, 0.2) is 0 Å². The van der Waals surface area contributed by atoms with Crippen molar-refractivity contribution in [3.05, 3.63) is 24.3 Å². The zero-order chi connectivity index (χ0) is 18.5. The van der Waals surface area contributed by atoms with Crippen LogP contribution in [0.5, 0.6) is 0 Å². The highest BCUT2D eigenvalue weighted by Crippen LogP contribution is 2.36. The number of hydrogen-bond acceptors (Lipinski definition) is 3. The Morgan fingerprint density at radius 1 is 1.12 bits per heavy atom. The topological polar surface area (TPSA) is 32.8 Å². The van der Waals surface area contributed by atoms with Crippen molar-refractivity contribution in [3.8, 4) is 0 Å². The molecule has 1 heterocycles. The zero-order valence-corrected chi connectivity index (χ0v) is 13.0. The minimum absolute atomic E-state index is 0.0184. The quantitative estimate of drug-likeness (QED) is 0.569. The van der Waals surface area contributed by atoms with Crippen LogP contribution in [0.4, 0.5) is 31.1 Å². The Balaban J connectivity index is 2.61. The van der Waals surface area contributed by atoms with Crippen molar-refractivity contribution in [1.29, 1.82) is 0 Å². The van der Waals surface area contributed by atoms with E-state index in [4.69, 9.17) is 0 Å². The number of carbonyl (C=O) groups excluding carboxylic acids is 1. The molecule has 0 atom stereocenters. The number of allylic oxidation sites excluding steroid dienone is 1. The van der Waals surface area contributed by atoms with Crippen LogP contribution >= 0.6 is 0 Å². The molecule has 1 aliphatic heterocycles. The van der Waals surface area contributed by atoms with Gasteiger partial charge in [-0.25, -0.2) is 4.79 Å². The van der Waals surface area contributed by atoms with Crippen LogP contribution in [0.15, 0.2) is 24.3 Å². The van der Waals surface area contributed by atoms with E-state index >= 15 is 0 Å². The zero-order valence-electron chi connectivity index (χ0n) is 13.0. The number of halogens is 6. The first-order valence-corrected chi connectivity index (χ1v) is 7.08. The molecule has 1 fully saturated rings. The van der Waals surface area contributed by atoms with Crippen molar-refractivity contribution in [3.63, 3.8) is 0 Å². The van der Waals surface area contributed by atoms with Crippen molar-refractivity contribution >= 4 is 6.09 Å². The molecule has 4 nitrogen and oxygen atoms in total. The maximum Gasteiger partial charge on any atom is 0.434 e. The number of ether oxygens (including phenoxy) is 1. The number of amides is 1. The van der Waals surface area contributed by atoms with E-state index in [1.54, 1.807) is 6.08 Å². The number of alkyl halides is 6. The summed E-state index contributed by atoms with van der Waals surface area (Å²) < 4.78 is 78.0. The number of hydrogen-bond donors (Lipinski definition) is 0. The van der Waals surface area contributed by atoms with E-state index in [1.807, 2.05) is 17.9 Å². The number of nitrogens with zero attached hydrogens (tertiary/aromatic N) is 2. The number of carbonyl (C=O) groups is 1. The Kier molecular flexibility index (Phi) is 6.70. The first kappa shape index (κ1) is 20.3. The monoisotopic (exact) mass is 360 g/mol. The fourth-order valence-corrected chi connectivity index (χ4v) is 2.12. The summed E-state index contributed by atoms with van der Waals surface area (Å²) in [5.41, 5.74) is 0.931. The molecule has 1 saturated heterocycles. The van der Waals surface area contributed by atoms with E-state index in [9.17, 15) is 31.1 Å². The standard InChI is InChI=1S/C14H18F6N2O2/c1-3-10(4-2)9-21-5-7-22(8-6-21)12(23)24-11(13(15,16)17)14(18,19)20/h3-4,11H,1,5-9H2,2H3/b10-4+. The summed E-state index contributed by atoms with van der Waals surface area (Å²) in [5.74, 6) is 0. The molecular formula is C14H18F6N2O2. The van der Waals surface area contributed by atoms with Crippen LogP contribution in [0.2, 0.25) is 0 Å². The lowest BCUT2D eigenvalue weighted by molar-refractivity contribution is -0.308. The van der Waals surface area contributed by atoms with Gasteiger partial charge >= 0.3 is 18.4 Å². The van der Waals surface area contributed by atoms with E-state index in [0.29, 0.717) is 19.6 Å². The van der Waals surface area contributed by atoms with E-state index in [-0.39, 0.29) is 13.1 Å². The van der Waals surface area contributed by atoms with Gasteiger partial charge in [0, 0.05) is 32.7 Å². The second kappa shape index (κ2) is 7.91. The minimum atomic E-state index is -5.71. The highest BCUT2D eigenvalue weighted by Gasteiger charge is 2.60. The normalized spacial score (nSPS) is 18.0. The van der Waals surface area contributed by atoms with Crippen molar-refractivity contribution in [2.45, 2.75) is 25.4 Å². The SMILES string of the molecule is C=C/C(=C\C)CN1CCN(C(=O)OC(C(F)(F)F)C(F)(F)F)CC1. The Bertz CT molecular complexity index is 465. The largest absolute Gasteiger partial charge is 0.434 e. The van der Waals surface area contributed by atoms with Crippen LogP contribution in [0.25, 0.3) is 0 Å². The van der Waals surface area contributed by atoms with Crippen LogP contribution in [-0.4, -0.2) is 67.1 Å². The molecule has 138 valence electrons. The second-order valence-electron chi connectivity index (χ2n) is 5.18. The first-order valence-electron chi connectivity index (χ1n) is 7.08. The molecule has 24 heavy (non-hydrogen) atoms.